The number of hydrogen-bond donors (Lipinski definition) is 0. The molecule has 0 saturated carbocycles. The number of fused-ring (bicyclic) bond motifs is 8. The van der Waals surface area contributed by atoms with E-state index >= 15 is 0 Å². The van der Waals surface area contributed by atoms with Crippen LogP contribution in [0.25, 0.3) is 76.5 Å². The van der Waals surface area contributed by atoms with Gasteiger partial charge in [0.05, 0.1) is 33.4 Å². The summed E-state index contributed by atoms with van der Waals surface area (Å²) >= 11 is 0. The highest BCUT2D eigenvalue weighted by Crippen LogP contribution is 2.44. The van der Waals surface area contributed by atoms with Gasteiger partial charge in [-0.2, -0.15) is 0 Å². The fraction of sp³-hybridized carbons (Fsp3) is 0.0286. The molecule has 356 valence electrons. The summed E-state index contributed by atoms with van der Waals surface area (Å²) in [5.41, 5.74) is 13.9. The normalized spacial score (nSPS) is 11.9. The molecule has 0 atom stereocenters. The van der Waals surface area contributed by atoms with Crippen molar-refractivity contribution in [2.45, 2.75) is 13.1 Å². The van der Waals surface area contributed by atoms with Gasteiger partial charge in [-0.25, -0.2) is 0 Å². The standard InChI is InChI=1S/C70H52N4Si/c1-75(2,57-41-35-53(36-42-57)71(65-33-17-21-49-19-9-11-27-59(49)65)55-39-45-69-63(47-55)61-29-13-15-31-67(61)73(69)51-23-5-3-6-24-51)58-43-37-54(38-44-58)72(66-34-18-22-50-20-10-12-28-60(50)66)56-40-46-70-64(48-56)62-30-14-16-32-68(62)74(70)52-25-7-4-8-26-52/h3-48H,1-2H3. The maximum atomic E-state index is 2.48. The summed E-state index contributed by atoms with van der Waals surface area (Å²) in [6.07, 6.45) is 0. The third-order valence-electron chi connectivity index (χ3n) is 15.6. The lowest BCUT2D eigenvalue weighted by atomic mass is 10.1. The molecule has 0 unspecified atom stereocenters. The number of aromatic nitrogens is 2. The Labute approximate surface area is 437 Å². The SMILES string of the molecule is C[Si](C)(c1ccc(N(c2ccc3c(c2)c2ccccc2n3-c2ccccc2)c2cccc3ccccc23)cc1)c1ccc(N(c2ccc3c(c2)c2ccccc2n3-c2ccccc2)c2cccc3ccccc23)cc1. The van der Waals surface area contributed by atoms with E-state index in [0.717, 1.165) is 45.5 Å². The lowest BCUT2D eigenvalue weighted by Gasteiger charge is -2.30. The van der Waals surface area contributed by atoms with Gasteiger partial charge >= 0.3 is 0 Å². The van der Waals surface area contributed by atoms with Crippen molar-refractivity contribution in [1.29, 1.82) is 0 Å². The average Bonchev–Trinajstić information content (AvgIpc) is 3.99. The summed E-state index contributed by atoms with van der Waals surface area (Å²) in [5.74, 6) is 0. The first-order valence-electron chi connectivity index (χ1n) is 25.9. The van der Waals surface area contributed by atoms with Crippen LogP contribution < -0.4 is 20.2 Å². The molecule has 2 aromatic heterocycles. The van der Waals surface area contributed by atoms with E-state index in [0.29, 0.717) is 0 Å². The van der Waals surface area contributed by atoms with Gasteiger partial charge in [0, 0.05) is 66.4 Å². The van der Waals surface area contributed by atoms with Crippen LogP contribution in [0.3, 0.4) is 0 Å². The maximum Gasteiger partial charge on any atom is 0.112 e. The molecule has 75 heavy (non-hydrogen) atoms. The van der Waals surface area contributed by atoms with E-state index in [4.69, 9.17) is 0 Å². The average molecular weight is 977 g/mol. The van der Waals surface area contributed by atoms with Crippen LogP contribution in [-0.2, 0) is 0 Å². The Balaban J connectivity index is 0.854. The van der Waals surface area contributed by atoms with Crippen LogP contribution in [0.15, 0.2) is 279 Å². The highest BCUT2D eigenvalue weighted by Gasteiger charge is 2.28. The highest BCUT2D eigenvalue weighted by atomic mass is 28.3. The van der Waals surface area contributed by atoms with Crippen LogP contribution in [0.1, 0.15) is 0 Å². The first-order valence-corrected chi connectivity index (χ1v) is 28.9. The van der Waals surface area contributed by atoms with Crippen molar-refractivity contribution in [2.75, 3.05) is 9.80 Å². The molecule has 0 radical (unpaired) electrons. The molecule has 12 aromatic carbocycles. The number of rotatable bonds is 10. The molecule has 0 spiro atoms. The number of hydrogen-bond acceptors (Lipinski definition) is 2. The molecule has 0 aliphatic heterocycles. The molecule has 4 nitrogen and oxygen atoms in total. The molecule has 2 heterocycles. The molecule has 14 rings (SSSR count). The van der Waals surface area contributed by atoms with Gasteiger partial charge in [-0.3, -0.25) is 0 Å². The van der Waals surface area contributed by atoms with Gasteiger partial charge in [-0.1, -0.05) is 193 Å². The van der Waals surface area contributed by atoms with Crippen LogP contribution in [-0.4, -0.2) is 17.2 Å². The molecule has 0 aliphatic carbocycles. The van der Waals surface area contributed by atoms with Crippen molar-refractivity contribution in [3.63, 3.8) is 0 Å². The van der Waals surface area contributed by atoms with Gasteiger partial charge < -0.3 is 18.9 Å². The molecule has 0 fully saturated rings. The van der Waals surface area contributed by atoms with Crippen LogP contribution >= 0.6 is 0 Å². The van der Waals surface area contributed by atoms with Crippen LogP contribution in [0.2, 0.25) is 13.1 Å². The summed E-state index contributed by atoms with van der Waals surface area (Å²) in [4.78, 5) is 4.89. The zero-order valence-electron chi connectivity index (χ0n) is 41.8. The zero-order chi connectivity index (χ0) is 50.0. The van der Waals surface area contributed by atoms with E-state index in [-0.39, 0.29) is 0 Å². The van der Waals surface area contributed by atoms with Crippen molar-refractivity contribution in [1.82, 2.24) is 9.13 Å². The van der Waals surface area contributed by atoms with E-state index in [1.54, 1.807) is 0 Å². The Kier molecular flexibility index (Phi) is 10.6. The molecule has 0 bridgehead atoms. The lowest BCUT2D eigenvalue weighted by molar-refractivity contribution is 1.18. The van der Waals surface area contributed by atoms with Gasteiger partial charge in [0.25, 0.3) is 0 Å². The van der Waals surface area contributed by atoms with Crippen molar-refractivity contribution in [3.8, 4) is 11.4 Å². The molecule has 0 aliphatic rings. The fourth-order valence-electron chi connectivity index (χ4n) is 11.8. The predicted molar refractivity (Wildman–Crippen MR) is 323 cm³/mol. The third-order valence-corrected chi connectivity index (χ3v) is 19.1. The van der Waals surface area contributed by atoms with Gasteiger partial charge in [-0.05, 0) is 120 Å². The van der Waals surface area contributed by atoms with Crippen molar-refractivity contribution < 1.29 is 0 Å². The number of para-hydroxylation sites is 4. The second-order valence-corrected chi connectivity index (χ2v) is 24.6. The Bertz CT molecular complexity index is 4140. The molecule has 0 amide bonds. The van der Waals surface area contributed by atoms with Gasteiger partial charge in [0.1, 0.15) is 8.07 Å². The Hall–Kier alpha value is -9.42. The Morgan fingerprint density at radius 3 is 1.03 bits per heavy atom. The fourth-order valence-corrected chi connectivity index (χ4v) is 14.1. The molecule has 0 saturated heterocycles. The number of nitrogens with zero attached hydrogens (tertiary/aromatic N) is 4. The van der Waals surface area contributed by atoms with Gasteiger partial charge in [0.2, 0.25) is 0 Å². The second kappa shape index (κ2) is 18.0. The van der Waals surface area contributed by atoms with Crippen molar-refractivity contribution >= 4 is 118 Å². The molecule has 0 N–H and O–H groups in total. The molecular weight excluding hydrogens is 925 g/mol. The lowest BCUT2D eigenvalue weighted by Crippen LogP contribution is -2.52. The smallest absolute Gasteiger partial charge is 0.112 e. The minimum Gasteiger partial charge on any atom is -0.310 e. The van der Waals surface area contributed by atoms with E-state index in [9.17, 15) is 0 Å². The van der Waals surface area contributed by atoms with Crippen LogP contribution in [0.4, 0.5) is 34.1 Å². The zero-order valence-corrected chi connectivity index (χ0v) is 42.8. The van der Waals surface area contributed by atoms with Crippen molar-refractivity contribution in [3.05, 3.63) is 279 Å². The summed E-state index contributed by atoms with van der Waals surface area (Å²) < 4.78 is 4.77. The minimum absolute atomic E-state index is 1.12. The summed E-state index contributed by atoms with van der Waals surface area (Å²) in [6, 6.07) is 103. The van der Waals surface area contributed by atoms with Gasteiger partial charge in [0.15, 0.2) is 0 Å². The summed E-state index contributed by atoms with van der Waals surface area (Å²) in [7, 11) is -2.21. The number of anilines is 6. The quantitative estimate of drug-likeness (QED) is 0.127. The van der Waals surface area contributed by atoms with E-state index in [2.05, 4.69) is 311 Å². The van der Waals surface area contributed by atoms with Crippen LogP contribution in [0, 0.1) is 0 Å². The minimum atomic E-state index is -2.21. The molecule has 5 heteroatoms. The predicted octanol–water partition coefficient (Wildman–Crippen LogP) is 17.9. The number of benzene rings is 12. The Morgan fingerprint density at radius 1 is 0.267 bits per heavy atom. The topological polar surface area (TPSA) is 16.3 Å². The van der Waals surface area contributed by atoms with Crippen LogP contribution in [0.5, 0.6) is 0 Å². The summed E-state index contributed by atoms with van der Waals surface area (Å²) in [5, 5.41) is 12.5. The second-order valence-electron chi connectivity index (χ2n) is 20.2. The Morgan fingerprint density at radius 2 is 0.600 bits per heavy atom. The first kappa shape index (κ1) is 44.3. The maximum absolute atomic E-state index is 2.48. The van der Waals surface area contributed by atoms with Crippen molar-refractivity contribution in [2.24, 2.45) is 0 Å². The highest BCUT2D eigenvalue weighted by molar-refractivity contribution is 7.00. The van der Waals surface area contributed by atoms with Gasteiger partial charge in [-0.15, -0.1) is 0 Å². The summed E-state index contributed by atoms with van der Waals surface area (Å²) in [6.45, 7) is 4.96. The van der Waals surface area contributed by atoms with E-state index in [1.165, 1.54) is 75.5 Å². The molecule has 14 aromatic rings. The molecular formula is C70H52N4Si. The van der Waals surface area contributed by atoms with E-state index in [1.807, 2.05) is 0 Å². The monoisotopic (exact) mass is 976 g/mol. The first-order chi connectivity index (χ1) is 37.0. The van der Waals surface area contributed by atoms with E-state index < -0.39 is 8.07 Å². The largest absolute Gasteiger partial charge is 0.310 e. The third kappa shape index (κ3) is 7.42.